The number of para-hydroxylation sites is 1. The SMILES string of the molecule is CN=C(NCc1nc(C(F)(F)F)cs1)NCc1ccccc1COc1ccccc1. The van der Waals surface area contributed by atoms with Crippen LogP contribution in [-0.2, 0) is 25.9 Å². The average Bonchev–Trinajstić information content (AvgIpc) is 3.23. The molecule has 0 bridgehead atoms. The molecule has 0 spiro atoms. The van der Waals surface area contributed by atoms with E-state index in [-0.39, 0.29) is 6.54 Å². The topological polar surface area (TPSA) is 58.5 Å². The Labute approximate surface area is 176 Å². The van der Waals surface area contributed by atoms with Gasteiger partial charge in [-0.05, 0) is 23.3 Å². The summed E-state index contributed by atoms with van der Waals surface area (Å²) >= 11 is 0.957. The molecule has 2 N–H and O–H groups in total. The lowest BCUT2D eigenvalue weighted by molar-refractivity contribution is -0.140. The van der Waals surface area contributed by atoms with Crippen LogP contribution in [0.15, 0.2) is 65.0 Å². The molecule has 0 radical (unpaired) electrons. The highest BCUT2D eigenvalue weighted by atomic mass is 32.1. The van der Waals surface area contributed by atoms with Crippen LogP contribution in [0.4, 0.5) is 13.2 Å². The zero-order valence-corrected chi connectivity index (χ0v) is 17.1. The van der Waals surface area contributed by atoms with Crippen LogP contribution < -0.4 is 15.4 Å². The van der Waals surface area contributed by atoms with Gasteiger partial charge in [0, 0.05) is 19.0 Å². The fourth-order valence-corrected chi connectivity index (χ4v) is 3.37. The molecule has 0 aliphatic heterocycles. The molecular formula is C21H21F3N4OS. The quantitative estimate of drug-likeness (QED) is 0.421. The number of thiazole rings is 1. The zero-order chi connectivity index (χ0) is 21.4. The normalized spacial score (nSPS) is 11.9. The first-order chi connectivity index (χ1) is 14.5. The highest BCUT2D eigenvalue weighted by Crippen LogP contribution is 2.29. The van der Waals surface area contributed by atoms with E-state index in [4.69, 9.17) is 4.74 Å². The van der Waals surface area contributed by atoms with Gasteiger partial charge in [0.1, 0.15) is 17.4 Å². The van der Waals surface area contributed by atoms with Crippen molar-refractivity contribution in [3.05, 3.63) is 81.8 Å². The number of ether oxygens (including phenoxy) is 1. The number of aliphatic imine (C=N–C) groups is 1. The van der Waals surface area contributed by atoms with Gasteiger partial charge in [0.25, 0.3) is 0 Å². The van der Waals surface area contributed by atoms with Crippen molar-refractivity contribution < 1.29 is 17.9 Å². The first-order valence-electron chi connectivity index (χ1n) is 9.16. The van der Waals surface area contributed by atoms with Crippen LogP contribution in [0.1, 0.15) is 21.8 Å². The van der Waals surface area contributed by atoms with E-state index in [0.29, 0.717) is 24.1 Å². The van der Waals surface area contributed by atoms with Crippen molar-refractivity contribution in [1.82, 2.24) is 15.6 Å². The molecule has 0 saturated carbocycles. The molecule has 3 aromatic rings. The lowest BCUT2D eigenvalue weighted by Gasteiger charge is -2.14. The third-order valence-electron chi connectivity index (χ3n) is 4.18. The summed E-state index contributed by atoms with van der Waals surface area (Å²) in [6.07, 6.45) is -4.43. The number of hydrogen-bond acceptors (Lipinski definition) is 4. The first kappa shape index (κ1) is 21.6. The molecule has 5 nitrogen and oxygen atoms in total. The fraction of sp³-hybridized carbons (Fsp3) is 0.238. The second-order valence-electron chi connectivity index (χ2n) is 6.27. The monoisotopic (exact) mass is 434 g/mol. The van der Waals surface area contributed by atoms with E-state index in [0.717, 1.165) is 33.6 Å². The van der Waals surface area contributed by atoms with Crippen LogP contribution in [0, 0.1) is 0 Å². The second-order valence-corrected chi connectivity index (χ2v) is 7.22. The van der Waals surface area contributed by atoms with Crippen LogP contribution in [-0.4, -0.2) is 18.0 Å². The predicted molar refractivity (Wildman–Crippen MR) is 111 cm³/mol. The van der Waals surface area contributed by atoms with Crippen molar-refractivity contribution in [3.8, 4) is 5.75 Å². The summed E-state index contributed by atoms with van der Waals surface area (Å²) in [6, 6.07) is 17.4. The molecule has 30 heavy (non-hydrogen) atoms. The molecule has 1 aromatic heterocycles. The summed E-state index contributed by atoms with van der Waals surface area (Å²) in [5, 5.41) is 7.50. The van der Waals surface area contributed by atoms with Crippen molar-refractivity contribution >= 4 is 17.3 Å². The lowest BCUT2D eigenvalue weighted by Crippen LogP contribution is -2.36. The highest BCUT2D eigenvalue weighted by molar-refractivity contribution is 7.09. The van der Waals surface area contributed by atoms with Crippen molar-refractivity contribution in [2.45, 2.75) is 25.9 Å². The van der Waals surface area contributed by atoms with Crippen LogP contribution in [0.3, 0.4) is 0 Å². The Bertz CT molecular complexity index is 974. The summed E-state index contributed by atoms with van der Waals surface area (Å²) in [6.45, 7) is 1.06. The smallest absolute Gasteiger partial charge is 0.434 e. The summed E-state index contributed by atoms with van der Waals surface area (Å²) in [4.78, 5) is 7.72. The van der Waals surface area contributed by atoms with Crippen molar-refractivity contribution in [2.24, 2.45) is 4.99 Å². The molecule has 0 aliphatic carbocycles. The van der Waals surface area contributed by atoms with E-state index in [2.05, 4.69) is 20.6 Å². The third-order valence-corrected chi connectivity index (χ3v) is 5.02. The molecule has 0 fully saturated rings. The van der Waals surface area contributed by atoms with Gasteiger partial charge in [-0.1, -0.05) is 42.5 Å². The number of aromatic nitrogens is 1. The molecule has 9 heteroatoms. The summed E-state index contributed by atoms with van der Waals surface area (Å²) in [5.74, 6) is 1.26. The van der Waals surface area contributed by atoms with E-state index >= 15 is 0 Å². The summed E-state index contributed by atoms with van der Waals surface area (Å²) in [5.41, 5.74) is 1.18. The Morgan fingerprint density at radius 1 is 1.00 bits per heavy atom. The van der Waals surface area contributed by atoms with Gasteiger partial charge < -0.3 is 15.4 Å². The van der Waals surface area contributed by atoms with E-state index in [9.17, 15) is 13.2 Å². The van der Waals surface area contributed by atoms with Gasteiger partial charge in [-0.2, -0.15) is 13.2 Å². The minimum Gasteiger partial charge on any atom is -0.489 e. The molecule has 0 aliphatic rings. The van der Waals surface area contributed by atoms with Crippen LogP contribution in [0.2, 0.25) is 0 Å². The predicted octanol–water partition coefficient (Wildman–Crippen LogP) is 4.61. The number of alkyl halides is 3. The number of guanidine groups is 1. The molecule has 158 valence electrons. The van der Waals surface area contributed by atoms with Crippen LogP contribution in [0.25, 0.3) is 0 Å². The number of hydrogen-bond donors (Lipinski definition) is 2. The summed E-state index contributed by atoms with van der Waals surface area (Å²) < 4.78 is 43.8. The molecule has 0 saturated heterocycles. The van der Waals surface area contributed by atoms with Gasteiger partial charge >= 0.3 is 6.18 Å². The van der Waals surface area contributed by atoms with E-state index in [1.54, 1.807) is 7.05 Å². The number of rotatable bonds is 7. The van der Waals surface area contributed by atoms with Gasteiger partial charge in [-0.15, -0.1) is 11.3 Å². The van der Waals surface area contributed by atoms with Gasteiger partial charge in [-0.25, -0.2) is 4.98 Å². The largest absolute Gasteiger partial charge is 0.489 e. The van der Waals surface area contributed by atoms with Gasteiger partial charge in [0.15, 0.2) is 11.7 Å². The first-order valence-corrected chi connectivity index (χ1v) is 10.0. The Morgan fingerprint density at radius 2 is 1.67 bits per heavy atom. The number of benzene rings is 2. The molecule has 1 heterocycles. The maximum absolute atomic E-state index is 12.7. The van der Waals surface area contributed by atoms with Gasteiger partial charge in [0.2, 0.25) is 0 Å². The average molecular weight is 434 g/mol. The maximum Gasteiger partial charge on any atom is 0.434 e. The standard InChI is InChI=1S/C21H21F3N4OS/c1-25-20(27-12-19-28-18(14-30-19)21(22,23)24)26-11-15-7-5-6-8-16(15)13-29-17-9-3-2-4-10-17/h2-10,14H,11-13H2,1H3,(H2,25,26,27). The third kappa shape index (κ3) is 6.21. The van der Waals surface area contributed by atoms with Crippen LogP contribution >= 0.6 is 11.3 Å². The van der Waals surface area contributed by atoms with Crippen molar-refractivity contribution in [3.63, 3.8) is 0 Å². The van der Waals surface area contributed by atoms with Gasteiger partial charge in [0.05, 0.1) is 6.54 Å². The highest BCUT2D eigenvalue weighted by Gasteiger charge is 2.33. The maximum atomic E-state index is 12.7. The molecule has 0 unspecified atom stereocenters. The number of halogens is 3. The molecule has 2 aromatic carbocycles. The van der Waals surface area contributed by atoms with Gasteiger partial charge in [-0.3, -0.25) is 4.99 Å². The Morgan fingerprint density at radius 3 is 2.33 bits per heavy atom. The molecule has 3 rings (SSSR count). The molecular weight excluding hydrogens is 413 g/mol. The van der Waals surface area contributed by atoms with Crippen molar-refractivity contribution in [2.75, 3.05) is 7.05 Å². The molecule has 0 amide bonds. The van der Waals surface area contributed by atoms with E-state index in [1.807, 2.05) is 54.6 Å². The number of nitrogens with zero attached hydrogens (tertiary/aromatic N) is 2. The van der Waals surface area contributed by atoms with Crippen LogP contribution in [0.5, 0.6) is 5.75 Å². The lowest BCUT2D eigenvalue weighted by atomic mass is 10.1. The molecule has 0 atom stereocenters. The van der Waals surface area contributed by atoms with E-state index in [1.165, 1.54) is 0 Å². The van der Waals surface area contributed by atoms with Crippen molar-refractivity contribution in [1.29, 1.82) is 0 Å². The fourth-order valence-electron chi connectivity index (χ4n) is 2.63. The minimum absolute atomic E-state index is 0.152. The minimum atomic E-state index is -4.43. The Kier molecular flexibility index (Phi) is 7.29. The summed E-state index contributed by atoms with van der Waals surface area (Å²) in [7, 11) is 1.60. The number of nitrogens with one attached hydrogen (secondary N) is 2. The second kappa shape index (κ2) is 10.1. The van der Waals surface area contributed by atoms with E-state index < -0.39 is 11.9 Å². The Hall–Kier alpha value is -3.07. The Balaban J connectivity index is 1.54. The zero-order valence-electron chi connectivity index (χ0n) is 16.2.